The largest absolute Gasteiger partial charge is 0.316 e. The van der Waals surface area contributed by atoms with E-state index >= 15 is 0 Å². The van der Waals surface area contributed by atoms with E-state index < -0.39 is 15.6 Å². The number of nitrogens with zero attached hydrogens (tertiary/aromatic N) is 1. The summed E-state index contributed by atoms with van der Waals surface area (Å²) < 4.78 is 26.6. The minimum absolute atomic E-state index is 0.0142. The van der Waals surface area contributed by atoms with Crippen molar-refractivity contribution in [1.29, 1.82) is 0 Å². The summed E-state index contributed by atoms with van der Waals surface area (Å²) in [6.07, 6.45) is 0. The fourth-order valence-electron chi connectivity index (χ4n) is 1.63. The number of hydrogen-bond donors (Lipinski definition) is 3. The third-order valence-corrected chi connectivity index (χ3v) is 4.32. The quantitative estimate of drug-likeness (QED) is 0.758. The predicted molar refractivity (Wildman–Crippen MR) is 79.9 cm³/mol. The van der Waals surface area contributed by atoms with Gasteiger partial charge >= 0.3 is 0 Å². The van der Waals surface area contributed by atoms with Gasteiger partial charge in [-0.3, -0.25) is 9.52 Å². The molecule has 112 valence electrons. The molecule has 0 unspecified atom stereocenters. The molecule has 0 aliphatic heterocycles. The van der Waals surface area contributed by atoms with Crippen LogP contribution in [0.3, 0.4) is 0 Å². The topological polar surface area (TPSA) is 104 Å². The highest BCUT2D eigenvalue weighted by Gasteiger charge is 2.16. The lowest BCUT2D eigenvalue weighted by Gasteiger charge is -2.09. The molecular formula is C12H13ClN4O3S. The van der Waals surface area contributed by atoms with Gasteiger partial charge in [-0.1, -0.05) is 17.7 Å². The molecule has 21 heavy (non-hydrogen) atoms. The first-order chi connectivity index (χ1) is 9.92. The number of sulfonamides is 1. The summed E-state index contributed by atoms with van der Waals surface area (Å²) in [4.78, 5) is 10.9. The highest BCUT2D eigenvalue weighted by atomic mass is 35.5. The Labute approximate surface area is 126 Å². The van der Waals surface area contributed by atoms with Crippen LogP contribution in [0.25, 0.3) is 0 Å². The van der Waals surface area contributed by atoms with Gasteiger partial charge in [-0.05, 0) is 30.8 Å². The van der Waals surface area contributed by atoms with E-state index in [0.717, 1.165) is 5.56 Å². The van der Waals surface area contributed by atoms with Gasteiger partial charge in [0.25, 0.3) is 15.6 Å². The van der Waals surface area contributed by atoms with Crippen molar-refractivity contribution in [2.45, 2.75) is 11.4 Å². The lowest BCUT2D eigenvalue weighted by molar-refractivity contribution is 0.601. The van der Waals surface area contributed by atoms with Gasteiger partial charge in [0.15, 0.2) is 5.82 Å². The van der Waals surface area contributed by atoms with Crippen molar-refractivity contribution >= 4 is 27.4 Å². The zero-order valence-electron chi connectivity index (χ0n) is 11.1. The van der Waals surface area contributed by atoms with Gasteiger partial charge in [-0.2, -0.15) is 5.10 Å². The number of rotatable bonds is 5. The molecule has 0 bridgehead atoms. The summed E-state index contributed by atoms with van der Waals surface area (Å²) in [6.45, 7) is 0.536. The van der Waals surface area contributed by atoms with Gasteiger partial charge < -0.3 is 5.32 Å². The number of H-pyrrole nitrogens is 1. The van der Waals surface area contributed by atoms with E-state index in [-0.39, 0.29) is 10.7 Å². The van der Waals surface area contributed by atoms with Crippen LogP contribution >= 0.6 is 11.6 Å². The molecule has 0 saturated carbocycles. The molecule has 0 aliphatic rings. The third-order valence-electron chi connectivity index (χ3n) is 2.62. The molecule has 0 radical (unpaired) electrons. The maximum atomic E-state index is 12.2. The van der Waals surface area contributed by atoms with E-state index in [1.54, 1.807) is 13.1 Å². The Morgan fingerprint density at radius 1 is 1.29 bits per heavy atom. The summed E-state index contributed by atoms with van der Waals surface area (Å²) in [5.74, 6) is 0.0185. The lowest BCUT2D eigenvalue weighted by atomic mass is 10.2. The fourth-order valence-corrected chi connectivity index (χ4v) is 2.97. The second-order valence-corrected chi connectivity index (χ2v) is 6.29. The number of hydrogen-bond acceptors (Lipinski definition) is 5. The average molecular weight is 329 g/mol. The Bertz CT molecular complexity index is 784. The van der Waals surface area contributed by atoms with E-state index in [0.29, 0.717) is 11.6 Å². The van der Waals surface area contributed by atoms with E-state index in [2.05, 4.69) is 20.2 Å². The van der Waals surface area contributed by atoms with Crippen LogP contribution in [0.15, 0.2) is 40.0 Å². The molecule has 0 fully saturated rings. The van der Waals surface area contributed by atoms with Gasteiger partial charge in [0, 0.05) is 17.6 Å². The summed E-state index contributed by atoms with van der Waals surface area (Å²) in [6, 6.07) is 6.89. The smallest absolute Gasteiger partial charge is 0.264 e. The summed E-state index contributed by atoms with van der Waals surface area (Å²) in [5.41, 5.74) is 0.373. The summed E-state index contributed by atoms with van der Waals surface area (Å²) in [5, 5.41) is 9.02. The molecule has 0 amide bonds. The van der Waals surface area contributed by atoms with Crippen LogP contribution in [0, 0.1) is 0 Å². The lowest BCUT2D eigenvalue weighted by Crippen LogP contribution is -2.16. The van der Waals surface area contributed by atoms with Crippen LogP contribution in [-0.2, 0) is 16.6 Å². The first-order valence-corrected chi connectivity index (χ1v) is 7.80. The van der Waals surface area contributed by atoms with Crippen LogP contribution in [-0.4, -0.2) is 25.7 Å². The van der Waals surface area contributed by atoms with Crippen molar-refractivity contribution in [3.63, 3.8) is 0 Å². The molecule has 0 aliphatic carbocycles. The molecule has 9 heteroatoms. The number of anilines is 1. The Hall–Kier alpha value is -1.90. The van der Waals surface area contributed by atoms with Crippen LogP contribution in [0.4, 0.5) is 5.82 Å². The van der Waals surface area contributed by atoms with Crippen molar-refractivity contribution < 1.29 is 8.42 Å². The number of aromatic amines is 1. The van der Waals surface area contributed by atoms with Gasteiger partial charge in [-0.25, -0.2) is 13.5 Å². The van der Waals surface area contributed by atoms with Crippen LogP contribution in [0.1, 0.15) is 5.56 Å². The van der Waals surface area contributed by atoms with E-state index in [1.165, 1.54) is 24.3 Å². The van der Waals surface area contributed by atoms with Crippen molar-refractivity contribution in [2.24, 2.45) is 0 Å². The summed E-state index contributed by atoms with van der Waals surface area (Å²) >= 11 is 6.04. The van der Waals surface area contributed by atoms with Gasteiger partial charge in [0.1, 0.15) is 0 Å². The Balaban J connectivity index is 2.29. The molecule has 0 atom stereocenters. The molecule has 2 rings (SSSR count). The number of halogens is 1. The first-order valence-electron chi connectivity index (χ1n) is 5.94. The van der Waals surface area contributed by atoms with E-state index in [4.69, 9.17) is 11.6 Å². The highest BCUT2D eigenvalue weighted by Crippen LogP contribution is 2.22. The van der Waals surface area contributed by atoms with E-state index in [1.807, 2.05) is 0 Å². The van der Waals surface area contributed by atoms with Gasteiger partial charge in [0.05, 0.1) is 4.90 Å². The minimum Gasteiger partial charge on any atom is -0.316 e. The molecular weight excluding hydrogens is 316 g/mol. The molecule has 1 aromatic heterocycles. The van der Waals surface area contributed by atoms with Crippen molar-refractivity contribution in [2.75, 3.05) is 11.8 Å². The van der Waals surface area contributed by atoms with Crippen molar-refractivity contribution in [1.82, 2.24) is 15.5 Å². The first kappa shape index (κ1) is 15.5. The minimum atomic E-state index is -3.82. The Kier molecular flexibility index (Phi) is 4.61. The van der Waals surface area contributed by atoms with Crippen LogP contribution < -0.4 is 15.6 Å². The highest BCUT2D eigenvalue weighted by molar-refractivity contribution is 7.92. The van der Waals surface area contributed by atoms with Crippen molar-refractivity contribution in [3.05, 3.63) is 51.3 Å². The number of nitrogens with one attached hydrogen (secondary N) is 3. The Morgan fingerprint density at radius 3 is 2.62 bits per heavy atom. The average Bonchev–Trinajstić information content (AvgIpc) is 2.43. The number of benzene rings is 1. The second kappa shape index (κ2) is 6.25. The molecule has 0 spiro atoms. The zero-order chi connectivity index (χ0) is 15.5. The molecule has 7 nitrogen and oxygen atoms in total. The normalized spacial score (nSPS) is 11.3. The SMILES string of the molecule is CNCc1ccc(S(=O)(=O)Nc2ccc(=O)[nH]n2)cc1Cl. The summed E-state index contributed by atoms with van der Waals surface area (Å²) in [7, 11) is -2.05. The third kappa shape index (κ3) is 3.81. The van der Waals surface area contributed by atoms with E-state index in [9.17, 15) is 13.2 Å². The maximum Gasteiger partial charge on any atom is 0.264 e. The molecule has 2 aromatic rings. The van der Waals surface area contributed by atoms with Crippen LogP contribution in [0.5, 0.6) is 0 Å². The monoisotopic (exact) mass is 328 g/mol. The molecule has 0 saturated heterocycles. The standard InChI is InChI=1S/C12H13ClN4O3S/c1-14-7-8-2-3-9(6-10(8)13)21(19,20)17-11-4-5-12(18)16-15-11/h2-6,14H,7H2,1H3,(H,15,17)(H,16,18). The molecule has 1 aromatic carbocycles. The second-order valence-electron chi connectivity index (χ2n) is 4.20. The Morgan fingerprint density at radius 2 is 2.05 bits per heavy atom. The van der Waals surface area contributed by atoms with Gasteiger partial charge in [-0.15, -0.1) is 0 Å². The molecule has 1 heterocycles. The maximum absolute atomic E-state index is 12.2. The number of aromatic nitrogens is 2. The zero-order valence-corrected chi connectivity index (χ0v) is 12.6. The predicted octanol–water partition coefficient (Wildman–Crippen LogP) is 0.943. The van der Waals surface area contributed by atoms with Crippen molar-refractivity contribution in [3.8, 4) is 0 Å². The molecule has 3 N–H and O–H groups in total. The van der Waals surface area contributed by atoms with Gasteiger partial charge in [0.2, 0.25) is 0 Å². The van der Waals surface area contributed by atoms with Crippen LogP contribution in [0.2, 0.25) is 5.02 Å². The fraction of sp³-hybridized carbons (Fsp3) is 0.167.